The van der Waals surface area contributed by atoms with Crippen molar-refractivity contribution < 1.29 is 28.7 Å². The van der Waals surface area contributed by atoms with Crippen LogP contribution in [0, 0.1) is 47.4 Å². The Morgan fingerprint density at radius 1 is 0.672 bits per heavy atom. The van der Waals surface area contributed by atoms with E-state index in [1.807, 2.05) is 64.1 Å². The summed E-state index contributed by atoms with van der Waals surface area (Å²) in [6, 6.07) is 10.1. The zero-order valence-corrected chi connectivity index (χ0v) is 34.3. The van der Waals surface area contributed by atoms with Crippen LogP contribution < -0.4 is 10.6 Å². The quantitative estimate of drug-likeness (QED) is 0.165. The molecule has 0 bridgehead atoms. The van der Waals surface area contributed by atoms with Crippen molar-refractivity contribution >= 4 is 34.8 Å². The molecule has 0 radical (unpaired) electrons. The Hall–Kier alpha value is -6.28. The number of aromatic amines is 2. The van der Waals surface area contributed by atoms with Gasteiger partial charge in [0.25, 0.3) is 0 Å². The van der Waals surface area contributed by atoms with Crippen LogP contribution in [0.1, 0.15) is 101 Å². The highest BCUT2D eigenvalue weighted by molar-refractivity contribution is 5.87. The summed E-state index contributed by atoms with van der Waals surface area (Å²) in [4.78, 5) is 70.6. The van der Waals surface area contributed by atoms with Crippen LogP contribution >= 0.6 is 0 Å². The van der Waals surface area contributed by atoms with Crippen LogP contribution in [0.5, 0.6) is 0 Å². The van der Waals surface area contributed by atoms with Gasteiger partial charge in [-0.05, 0) is 83.4 Å². The standard InChI is InChI=1S/C44H52N8O6/c1-25(2)37(49-43(55)57-7)41(53)51-23-27(5)17-35(51)39-45-21-33(47-39)15-11-29-9-13-32-20-30(10-14-31(32)19-29)12-16-34-22-46-40(48-34)36-18-28(6)24-52(36)42(54)38(26(3)4)50-44(56)58-8/h9-10,13-14,19-22,25-28,35-38H,17-18,23-24H2,1-8H3,(H,45,47)(H,46,48)(H,49,55)(H,50,56). The Bertz CT molecular complexity index is 2130. The number of rotatable bonds is 8. The van der Waals surface area contributed by atoms with E-state index in [0.717, 1.165) is 34.7 Å². The van der Waals surface area contributed by atoms with Gasteiger partial charge in [0.05, 0.1) is 38.7 Å². The lowest BCUT2D eigenvalue weighted by atomic mass is 10.0. The van der Waals surface area contributed by atoms with Crippen molar-refractivity contribution in [2.24, 2.45) is 23.7 Å². The van der Waals surface area contributed by atoms with Crippen molar-refractivity contribution in [3.05, 3.63) is 83.0 Å². The number of likely N-dealkylation sites (tertiary alicyclic amines) is 2. The van der Waals surface area contributed by atoms with Crippen LogP contribution in [0.15, 0.2) is 48.8 Å². The molecule has 2 fully saturated rings. The highest BCUT2D eigenvalue weighted by Gasteiger charge is 2.41. The average Bonchev–Trinajstić information content (AvgIpc) is 4.03. The smallest absolute Gasteiger partial charge is 0.407 e. The number of fused-ring (bicyclic) bond motifs is 1. The van der Waals surface area contributed by atoms with E-state index in [1.165, 1.54) is 14.2 Å². The van der Waals surface area contributed by atoms with E-state index in [4.69, 9.17) is 9.47 Å². The SMILES string of the molecule is COC(=O)NC(C(=O)N1CC(C)CC1c1ncc(C#Cc2ccc3cc(C#Cc4cnc(C5CC(C)CN5C(=O)C(NC(=O)OC)C(C)C)[nH]4)ccc3c2)[nH]1)C(C)C. The number of imidazole rings is 2. The van der Waals surface area contributed by atoms with Crippen LogP contribution in [0.3, 0.4) is 0 Å². The number of carbonyl (C=O) groups excluding carboxylic acids is 4. The van der Waals surface area contributed by atoms with E-state index in [2.05, 4.69) is 68.1 Å². The third-order valence-corrected chi connectivity index (χ3v) is 10.7. The first kappa shape index (κ1) is 41.4. The van der Waals surface area contributed by atoms with Gasteiger partial charge in [-0.1, -0.05) is 65.5 Å². The predicted molar refractivity (Wildman–Crippen MR) is 218 cm³/mol. The molecule has 4 amide bonds. The van der Waals surface area contributed by atoms with Gasteiger partial charge < -0.3 is 39.9 Å². The molecule has 0 aliphatic carbocycles. The molecule has 304 valence electrons. The van der Waals surface area contributed by atoms with E-state index in [0.29, 0.717) is 36.1 Å². The summed E-state index contributed by atoms with van der Waals surface area (Å²) < 4.78 is 9.52. The molecule has 2 aliphatic rings. The van der Waals surface area contributed by atoms with E-state index in [1.54, 1.807) is 22.2 Å². The van der Waals surface area contributed by atoms with Gasteiger partial charge in [0.15, 0.2) is 0 Å². The van der Waals surface area contributed by atoms with Crippen molar-refractivity contribution in [1.82, 2.24) is 40.4 Å². The highest BCUT2D eigenvalue weighted by atomic mass is 16.5. The van der Waals surface area contributed by atoms with Gasteiger partial charge in [-0.2, -0.15) is 0 Å². The van der Waals surface area contributed by atoms with Crippen LogP contribution in [0.4, 0.5) is 9.59 Å². The topological polar surface area (TPSA) is 175 Å². The second-order valence-corrected chi connectivity index (χ2v) is 16.1. The molecule has 14 heteroatoms. The molecule has 2 aliphatic heterocycles. The number of carbonyl (C=O) groups is 4. The van der Waals surface area contributed by atoms with Gasteiger partial charge in [0.1, 0.15) is 35.1 Å². The van der Waals surface area contributed by atoms with Gasteiger partial charge in [-0.3, -0.25) is 9.59 Å². The lowest BCUT2D eigenvalue weighted by molar-refractivity contribution is -0.136. The Balaban J connectivity index is 1.12. The maximum Gasteiger partial charge on any atom is 0.407 e. The van der Waals surface area contributed by atoms with Crippen LogP contribution in [0.25, 0.3) is 10.8 Å². The summed E-state index contributed by atoms with van der Waals surface area (Å²) in [5.74, 6) is 14.1. The van der Waals surface area contributed by atoms with Crippen LogP contribution in [0.2, 0.25) is 0 Å². The monoisotopic (exact) mass is 788 g/mol. The molecule has 4 heterocycles. The summed E-state index contributed by atoms with van der Waals surface area (Å²) in [5, 5.41) is 7.41. The van der Waals surface area contributed by atoms with Crippen molar-refractivity contribution in [1.29, 1.82) is 0 Å². The molecule has 6 rings (SSSR count). The zero-order chi connectivity index (χ0) is 41.7. The molecule has 6 atom stereocenters. The Morgan fingerprint density at radius 2 is 1.07 bits per heavy atom. The third kappa shape index (κ3) is 9.46. The maximum atomic E-state index is 13.6. The number of hydrogen-bond donors (Lipinski definition) is 4. The number of alkyl carbamates (subject to hydrolysis) is 2. The molecule has 4 aromatic rings. The molecule has 2 saturated heterocycles. The molecule has 6 unspecified atom stereocenters. The molecule has 14 nitrogen and oxygen atoms in total. The number of nitrogens with zero attached hydrogens (tertiary/aromatic N) is 4. The van der Waals surface area contributed by atoms with Gasteiger partial charge >= 0.3 is 12.2 Å². The zero-order valence-electron chi connectivity index (χ0n) is 34.3. The largest absolute Gasteiger partial charge is 0.453 e. The van der Waals surface area contributed by atoms with E-state index < -0.39 is 24.3 Å². The Morgan fingerprint density at radius 3 is 1.43 bits per heavy atom. The van der Waals surface area contributed by atoms with E-state index >= 15 is 0 Å². The highest BCUT2D eigenvalue weighted by Crippen LogP contribution is 2.36. The number of H-pyrrole nitrogens is 2. The number of methoxy groups -OCH3 is 2. The summed E-state index contributed by atoms with van der Waals surface area (Å²) in [6.07, 6.45) is 3.59. The summed E-state index contributed by atoms with van der Waals surface area (Å²) in [7, 11) is 2.56. The maximum absolute atomic E-state index is 13.6. The second kappa shape index (κ2) is 17.9. The Kier molecular flexibility index (Phi) is 12.8. The first-order chi connectivity index (χ1) is 27.7. The molecular weight excluding hydrogens is 737 g/mol. The third-order valence-electron chi connectivity index (χ3n) is 10.7. The first-order valence-corrected chi connectivity index (χ1v) is 19.7. The normalized spacial score (nSPS) is 19.9. The van der Waals surface area contributed by atoms with Crippen molar-refractivity contribution in [2.75, 3.05) is 27.3 Å². The number of ether oxygens (including phenoxy) is 2. The molecule has 4 N–H and O–H groups in total. The molecule has 2 aromatic heterocycles. The molecule has 2 aromatic carbocycles. The molecule has 58 heavy (non-hydrogen) atoms. The van der Waals surface area contributed by atoms with Gasteiger partial charge in [0.2, 0.25) is 11.8 Å². The molecular formula is C44H52N8O6. The van der Waals surface area contributed by atoms with Crippen molar-refractivity contribution in [3.8, 4) is 23.7 Å². The minimum atomic E-state index is -0.712. The summed E-state index contributed by atoms with van der Waals surface area (Å²) in [6.45, 7) is 12.9. The number of nitrogens with one attached hydrogen (secondary N) is 4. The van der Waals surface area contributed by atoms with Gasteiger partial charge in [0, 0.05) is 24.2 Å². The second-order valence-electron chi connectivity index (χ2n) is 16.1. The first-order valence-electron chi connectivity index (χ1n) is 19.7. The Labute approximate surface area is 339 Å². The lowest BCUT2D eigenvalue weighted by Gasteiger charge is -2.30. The fraction of sp³-hybridized carbons (Fsp3) is 0.455. The van der Waals surface area contributed by atoms with E-state index in [-0.39, 0.29) is 47.6 Å². The summed E-state index contributed by atoms with van der Waals surface area (Å²) >= 11 is 0. The fourth-order valence-electron chi connectivity index (χ4n) is 7.67. The minimum absolute atomic E-state index is 0.124. The lowest BCUT2D eigenvalue weighted by Crippen LogP contribution is -2.51. The average molecular weight is 789 g/mol. The van der Waals surface area contributed by atoms with Gasteiger partial charge in [-0.15, -0.1) is 0 Å². The van der Waals surface area contributed by atoms with Crippen LogP contribution in [-0.2, 0) is 19.1 Å². The van der Waals surface area contributed by atoms with Crippen molar-refractivity contribution in [3.63, 3.8) is 0 Å². The number of hydrogen-bond acceptors (Lipinski definition) is 8. The number of aromatic nitrogens is 4. The number of benzene rings is 2. The predicted octanol–water partition coefficient (Wildman–Crippen LogP) is 5.67. The van der Waals surface area contributed by atoms with Crippen LogP contribution in [-0.4, -0.2) is 93.1 Å². The minimum Gasteiger partial charge on any atom is -0.453 e. The number of amides is 4. The molecule has 0 saturated carbocycles. The summed E-state index contributed by atoms with van der Waals surface area (Å²) in [5.41, 5.74) is 2.95. The van der Waals surface area contributed by atoms with Crippen molar-refractivity contribution in [2.45, 2.75) is 78.6 Å². The van der Waals surface area contributed by atoms with E-state index in [9.17, 15) is 19.2 Å². The molecule has 0 spiro atoms. The fourth-order valence-corrected chi connectivity index (χ4v) is 7.67. The van der Waals surface area contributed by atoms with Gasteiger partial charge in [-0.25, -0.2) is 19.6 Å².